The number of hydrogen-bond acceptors (Lipinski definition) is 3. The van der Waals surface area contributed by atoms with Crippen LogP contribution in [0.15, 0.2) is 23.8 Å². The fourth-order valence-corrected chi connectivity index (χ4v) is 7.30. The van der Waals surface area contributed by atoms with Crippen molar-refractivity contribution in [2.45, 2.75) is 123 Å². The quantitative estimate of drug-likeness (QED) is 0.383. The minimum Gasteiger partial charge on any atom is -0.410 e. The van der Waals surface area contributed by atoms with E-state index in [1.54, 1.807) is 6.08 Å². The van der Waals surface area contributed by atoms with Crippen LogP contribution in [0.5, 0.6) is 0 Å². The molecule has 4 rings (SSSR count). The van der Waals surface area contributed by atoms with Crippen molar-refractivity contribution >= 4 is 8.32 Å². The number of halogens is 3. The number of fused-ring (bicyclic) bond motifs is 1. The third kappa shape index (κ3) is 5.37. The van der Waals surface area contributed by atoms with Crippen molar-refractivity contribution in [1.82, 2.24) is 4.98 Å². The Morgan fingerprint density at radius 1 is 1.16 bits per heavy atom. The molecule has 0 amide bonds. The Bertz CT molecular complexity index is 1090. The normalized spacial score (nSPS) is 24.6. The van der Waals surface area contributed by atoms with Gasteiger partial charge in [-0.1, -0.05) is 59.3 Å². The Morgan fingerprint density at radius 3 is 2.27 bits per heavy atom. The van der Waals surface area contributed by atoms with Crippen LogP contribution in [0.4, 0.5) is 13.2 Å². The van der Waals surface area contributed by atoms with Gasteiger partial charge in [-0.05, 0) is 79.6 Å². The predicted molar refractivity (Wildman–Crippen MR) is 145 cm³/mol. The molecule has 3 atom stereocenters. The molecule has 1 aromatic rings. The summed E-state index contributed by atoms with van der Waals surface area (Å²) >= 11 is 0. The average Bonchev–Trinajstić information content (AvgIpc) is 2.75. The first-order valence-corrected chi connectivity index (χ1v) is 16.7. The number of hydrogen-bond donors (Lipinski definition) is 1. The molecule has 1 saturated carbocycles. The van der Waals surface area contributed by atoms with Crippen LogP contribution >= 0.6 is 0 Å². The zero-order chi connectivity index (χ0) is 27.6. The second-order valence-electron chi connectivity index (χ2n) is 13.5. The second-order valence-corrected chi connectivity index (χ2v) is 18.3. The van der Waals surface area contributed by atoms with E-state index in [2.05, 4.69) is 54.6 Å². The van der Waals surface area contributed by atoms with Crippen LogP contribution in [0.25, 0.3) is 0 Å². The smallest absolute Gasteiger partial charge is 0.395 e. The fourth-order valence-electron chi connectivity index (χ4n) is 6.03. The van der Waals surface area contributed by atoms with Crippen LogP contribution in [0.1, 0.15) is 113 Å². The fraction of sp³-hybridized carbons (Fsp3) is 0.700. The Morgan fingerprint density at radius 2 is 1.81 bits per heavy atom. The maximum absolute atomic E-state index is 13.2. The highest BCUT2D eigenvalue weighted by Gasteiger charge is 2.49. The molecule has 1 aromatic heterocycles. The van der Waals surface area contributed by atoms with Gasteiger partial charge in [0.2, 0.25) is 0 Å². The van der Waals surface area contributed by atoms with Crippen molar-refractivity contribution in [3.63, 3.8) is 0 Å². The average molecular weight is 536 g/mol. The molecular weight excluding hydrogens is 491 g/mol. The number of nitrogens with zero attached hydrogens (tertiary/aromatic N) is 1. The monoisotopic (exact) mass is 535 g/mol. The van der Waals surface area contributed by atoms with E-state index in [1.165, 1.54) is 31.4 Å². The van der Waals surface area contributed by atoms with Gasteiger partial charge in [0.1, 0.15) is 6.10 Å². The maximum Gasteiger partial charge on any atom is 0.395 e. The van der Waals surface area contributed by atoms with E-state index in [1.807, 2.05) is 0 Å². The van der Waals surface area contributed by atoms with Gasteiger partial charge in [-0.3, -0.25) is 4.98 Å². The summed E-state index contributed by atoms with van der Waals surface area (Å²) in [5.41, 5.74) is 5.54. The number of pyridine rings is 1. The van der Waals surface area contributed by atoms with Crippen molar-refractivity contribution in [2.24, 2.45) is 11.3 Å². The largest absolute Gasteiger partial charge is 0.410 e. The molecule has 3 nitrogen and oxygen atoms in total. The Kier molecular flexibility index (Phi) is 7.44. The summed E-state index contributed by atoms with van der Waals surface area (Å²) < 4.78 is 46.7. The number of alkyl halides is 3. The van der Waals surface area contributed by atoms with Crippen molar-refractivity contribution < 1.29 is 22.7 Å². The number of rotatable bonds is 5. The molecule has 3 aliphatic carbocycles. The maximum atomic E-state index is 13.2. The topological polar surface area (TPSA) is 42.4 Å². The molecule has 0 aliphatic heterocycles. The van der Waals surface area contributed by atoms with Gasteiger partial charge in [-0.2, -0.15) is 13.2 Å². The summed E-state index contributed by atoms with van der Waals surface area (Å²) in [4.78, 5) is 5.21. The van der Waals surface area contributed by atoms with E-state index in [0.717, 1.165) is 40.9 Å². The van der Waals surface area contributed by atoms with Crippen LogP contribution in [-0.4, -0.2) is 24.6 Å². The van der Waals surface area contributed by atoms with Gasteiger partial charge in [0.15, 0.2) is 8.32 Å². The minimum absolute atomic E-state index is 0.0612. The second kappa shape index (κ2) is 9.63. The first kappa shape index (κ1) is 28.6. The molecule has 3 aliphatic rings. The van der Waals surface area contributed by atoms with E-state index in [9.17, 15) is 18.3 Å². The zero-order valence-electron chi connectivity index (χ0n) is 23.7. The highest BCUT2D eigenvalue weighted by molar-refractivity contribution is 6.74. The third-order valence-corrected chi connectivity index (χ3v) is 14.0. The van der Waals surface area contributed by atoms with Crippen molar-refractivity contribution in [1.29, 1.82) is 0 Å². The van der Waals surface area contributed by atoms with Crippen LogP contribution in [0, 0.1) is 18.3 Å². The van der Waals surface area contributed by atoms with E-state index in [-0.39, 0.29) is 28.9 Å². The van der Waals surface area contributed by atoms with Crippen LogP contribution < -0.4 is 0 Å². The Hall–Kier alpha value is -1.44. The molecule has 0 saturated heterocycles. The number of aliphatic hydroxyl groups is 1. The molecule has 1 fully saturated rings. The molecule has 1 spiro atoms. The van der Waals surface area contributed by atoms with Crippen LogP contribution in [0.2, 0.25) is 18.1 Å². The Labute approximate surface area is 221 Å². The highest BCUT2D eigenvalue weighted by atomic mass is 28.4. The van der Waals surface area contributed by atoms with E-state index >= 15 is 0 Å². The first-order valence-electron chi connectivity index (χ1n) is 13.8. The van der Waals surface area contributed by atoms with Crippen molar-refractivity contribution in [3.8, 4) is 0 Å². The molecule has 37 heavy (non-hydrogen) atoms. The summed E-state index contributed by atoms with van der Waals surface area (Å²) in [6, 6.07) is 0. The van der Waals surface area contributed by atoms with Crippen molar-refractivity contribution in [2.75, 3.05) is 0 Å². The van der Waals surface area contributed by atoms with Gasteiger partial charge in [0, 0.05) is 22.5 Å². The lowest BCUT2D eigenvalue weighted by Crippen LogP contribution is -2.46. The van der Waals surface area contributed by atoms with E-state index < -0.39 is 26.5 Å². The molecule has 3 unspecified atom stereocenters. The summed E-state index contributed by atoms with van der Waals surface area (Å²) in [7, 11) is -2.09. The van der Waals surface area contributed by atoms with Crippen LogP contribution in [-0.2, 0) is 10.8 Å². The third-order valence-electron chi connectivity index (χ3n) is 9.48. The highest BCUT2D eigenvalue weighted by Crippen LogP contribution is 2.56. The first-order chi connectivity index (χ1) is 17.0. The van der Waals surface area contributed by atoms with E-state index in [4.69, 9.17) is 9.41 Å². The Balaban J connectivity index is 1.80. The van der Waals surface area contributed by atoms with Gasteiger partial charge in [-0.25, -0.2) is 0 Å². The number of aliphatic hydroxyl groups excluding tert-OH is 1. The van der Waals surface area contributed by atoms with Gasteiger partial charge >= 0.3 is 6.18 Å². The van der Waals surface area contributed by atoms with Crippen molar-refractivity contribution in [3.05, 3.63) is 51.9 Å². The summed E-state index contributed by atoms with van der Waals surface area (Å²) in [6.45, 7) is 17.5. The molecule has 0 aromatic carbocycles. The van der Waals surface area contributed by atoms with Gasteiger partial charge in [-0.15, -0.1) is 0 Å². The number of allylic oxidation sites excluding steroid dienone is 2. The standard InChI is InChI=1S/C30H44F3NO2Si/c1-18(2)26-25(27(35)20-10-12-21(13-11-20)30(31,32)33)19(3)24-22(34-26)16-29(14-9-15-29)17-23(24)36-37(7,8)28(4,5)6/h10-12,18,21,23,27,35H,9,13-17H2,1-8H3. The molecule has 206 valence electrons. The van der Waals surface area contributed by atoms with Gasteiger partial charge in [0.05, 0.1) is 12.0 Å². The summed E-state index contributed by atoms with van der Waals surface area (Å²) in [6.07, 6.45) is 4.20. The molecule has 1 N–H and O–H groups in total. The lowest BCUT2D eigenvalue weighted by Gasteiger charge is -2.51. The SMILES string of the molecule is Cc1c2c(nc(C(C)C)c1C(O)C1=CCC(C(F)(F)F)C=C1)CC1(CCC1)CC2O[Si](C)(C)C(C)(C)C. The van der Waals surface area contributed by atoms with E-state index in [0.29, 0.717) is 5.57 Å². The predicted octanol–water partition coefficient (Wildman–Crippen LogP) is 8.79. The summed E-state index contributed by atoms with van der Waals surface area (Å²) in [5.74, 6) is -1.43. The number of aromatic nitrogens is 1. The summed E-state index contributed by atoms with van der Waals surface area (Å²) in [5, 5.41) is 11.6. The van der Waals surface area contributed by atoms with Gasteiger partial charge < -0.3 is 9.53 Å². The lowest BCUT2D eigenvalue weighted by atomic mass is 9.59. The zero-order valence-corrected chi connectivity index (χ0v) is 24.7. The van der Waals surface area contributed by atoms with Gasteiger partial charge in [0.25, 0.3) is 0 Å². The molecule has 1 heterocycles. The van der Waals surface area contributed by atoms with Crippen LogP contribution in [0.3, 0.4) is 0 Å². The molecular formula is C30H44F3NO2Si. The molecule has 0 radical (unpaired) electrons. The molecule has 0 bridgehead atoms. The lowest BCUT2D eigenvalue weighted by molar-refractivity contribution is -0.160. The molecule has 7 heteroatoms. The minimum atomic E-state index is -4.28.